The lowest BCUT2D eigenvalue weighted by Gasteiger charge is -2.38. The molecule has 2 rings (SSSR count). The number of amidine groups is 1. The molecule has 1 saturated heterocycles. The van der Waals surface area contributed by atoms with Gasteiger partial charge in [-0.25, -0.2) is 4.39 Å². The van der Waals surface area contributed by atoms with Gasteiger partial charge in [-0.2, -0.15) is 0 Å². The van der Waals surface area contributed by atoms with Gasteiger partial charge < -0.3 is 10.5 Å². The molecule has 1 aliphatic rings. The van der Waals surface area contributed by atoms with Gasteiger partial charge in [-0.15, -0.1) is 0 Å². The molecule has 1 heterocycles. The minimum Gasteiger partial charge on any atom is -0.384 e. The number of nitrogens with two attached hydrogens (primary N) is 1. The molecule has 0 aliphatic carbocycles. The second kappa shape index (κ2) is 5.27. The first kappa shape index (κ1) is 14.0. The highest BCUT2D eigenvalue weighted by Crippen LogP contribution is 2.20. The molecule has 3 N–H and O–H groups in total. The first-order chi connectivity index (χ1) is 8.87. The van der Waals surface area contributed by atoms with E-state index in [2.05, 4.69) is 4.90 Å². The van der Waals surface area contributed by atoms with Crippen LogP contribution in [0.4, 0.5) is 4.39 Å². The number of rotatable bonds is 3. The van der Waals surface area contributed by atoms with Crippen molar-refractivity contribution in [1.82, 2.24) is 4.90 Å². The fourth-order valence-electron chi connectivity index (χ4n) is 2.33. The SMILES string of the molecule is CC1(C)CN(Cc2ccc(C(=N)N)cc2F)CCO1. The molecule has 0 spiro atoms. The molecule has 0 bridgehead atoms. The second-order valence-corrected chi connectivity index (χ2v) is 5.54. The van der Waals surface area contributed by atoms with E-state index in [1.54, 1.807) is 12.1 Å². The summed E-state index contributed by atoms with van der Waals surface area (Å²) in [6, 6.07) is 4.71. The number of ether oxygens (including phenoxy) is 1. The predicted molar refractivity (Wildman–Crippen MR) is 72.7 cm³/mol. The first-order valence-electron chi connectivity index (χ1n) is 6.36. The van der Waals surface area contributed by atoms with Crippen LogP contribution in [-0.2, 0) is 11.3 Å². The Bertz CT molecular complexity index is 488. The van der Waals surface area contributed by atoms with Gasteiger partial charge in [-0.1, -0.05) is 12.1 Å². The van der Waals surface area contributed by atoms with Crippen LogP contribution < -0.4 is 5.73 Å². The third-order valence-corrected chi connectivity index (χ3v) is 3.26. The van der Waals surface area contributed by atoms with Crippen molar-refractivity contribution in [2.24, 2.45) is 5.73 Å². The summed E-state index contributed by atoms with van der Waals surface area (Å²) in [7, 11) is 0. The van der Waals surface area contributed by atoms with Crippen LogP contribution in [0.15, 0.2) is 18.2 Å². The van der Waals surface area contributed by atoms with Gasteiger partial charge in [0.05, 0.1) is 12.2 Å². The molecule has 0 unspecified atom stereocenters. The van der Waals surface area contributed by atoms with Crippen molar-refractivity contribution < 1.29 is 9.13 Å². The van der Waals surface area contributed by atoms with Crippen LogP contribution in [0.25, 0.3) is 0 Å². The van der Waals surface area contributed by atoms with E-state index in [4.69, 9.17) is 15.9 Å². The van der Waals surface area contributed by atoms with E-state index < -0.39 is 0 Å². The topological polar surface area (TPSA) is 62.3 Å². The smallest absolute Gasteiger partial charge is 0.128 e. The molecule has 0 atom stereocenters. The molecular weight excluding hydrogens is 245 g/mol. The van der Waals surface area contributed by atoms with Gasteiger partial charge in [0.2, 0.25) is 0 Å². The number of nitrogens with one attached hydrogen (secondary N) is 1. The molecule has 0 amide bonds. The van der Waals surface area contributed by atoms with E-state index in [0.29, 0.717) is 24.3 Å². The summed E-state index contributed by atoms with van der Waals surface area (Å²) in [5, 5.41) is 7.29. The summed E-state index contributed by atoms with van der Waals surface area (Å²) in [5.41, 5.74) is 6.20. The summed E-state index contributed by atoms with van der Waals surface area (Å²) in [4.78, 5) is 2.18. The molecule has 0 radical (unpaired) electrons. The zero-order valence-electron chi connectivity index (χ0n) is 11.4. The molecule has 1 aromatic carbocycles. The molecule has 19 heavy (non-hydrogen) atoms. The third-order valence-electron chi connectivity index (χ3n) is 3.26. The lowest BCUT2D eigenvalue weighted by Crippen LogP contribution is -2.47. The van der Waals surface area contributed by atoms with E-state index in [1.807, 2.05) is 13.8 Å². The molecule has 104 valence electrons. The van der Waals surface area contributed by atoms with Gasteiger partial charge in [0.15, 0.2) is 0 Å². The fourth-order valence-corrected chi connectivity index (χ4v) is 2.33. The number of nitrogens with zero attached hydrogens (tertiary/aromatic N) is 1. The van der Waals surface area contributed by atoms with E-state index in [9.17, 15) is 4.39 Å². The Morgan fingerprint density at radius 2 is 2.26 bits per heavy atom. The predicted octanol–water partition coefficient (Wildman–Crippen LogP) is 1.72. The highest BCUT2D eigenvalue weighted by molar-refractivity contribution is 5.94. The van der Waals surface area contributed by atoms with Crippen LogP contribution in [-0.4, -0.2) is 36.0 Å². The Morgan fingerprint density at radius 3 is 2.84 bits per heavy atom. The van der Waals surface area contributed by atoms with Crippen molar-refractivity contribution in [1.29, 1.82) is 5.41 Å². The van der Waals surface area contributed by atoms with Crippen LogP contribution in [0, 0.1) is 11.2 Å². The van der Waals surface area contributed by atoms with Crippen molar-refractivity contribution >= 4 is 5.84 Å². The number of hydrogen-bond acceptors (Lipinski definition) is 3. The normalized spacial score (nSPS) is 19.3. The molecule has 1 fully saturated rings. The van der Waals surface area contributed by atoms with Crippen molar-refractivity contribution in [3.8, 4) is 0 Å². The quantitative estimate of drug-likeness (QED) is 0.646. The number of benzene rings is 1. The summed E-state index contributed by atoms with van der Waals surface area (Å²) >= 11 is 0. The molecule has 1 aliphatic heterocycles. The number of halogens is 1. The maximum Gasteiger partial charge on any atom is 0.128 e. The van der Waals surface area contributed by atoms with Crippen molar-refractivity contribution in [2.75, 3.05) is 19.7 Å². The standard InChI is InChI=1S/C14H20FN3O/c1-14(2)9-18(5-6-19-14)8-11-4-3-10(13(16)17)7-12(11)15/h3-4,7H,5-6,8-9H2,1-2H3,(H3,16,17). The zero-order valence-corrected chi connectivity index (χ0v) is 11.4. The van der Waals surface area contributed by atoms with Crippen molar-refractivity contribution in [2.45, 2.75) is 26.0 Å². The van der Waals surface area contributed by atoms with Crippen LogP contribution in [0.3, 0.4) is 0 Å². The number of morpholine rings is 1. The van der Waals surface area contributed by atoms with Crippen LogP contribution >= 0.6 is 0 Å². The maximum atomic E-state index is 13.9. The van der Waals surface area contributed by atoms with Gasteiger partial charge in [0, 0.05) is 30.8 Å². The lowest BCUT2D eigenvalue weighted by molar-refractivity contribution is -0.0884. The molecular formula is C14H20FN3O. The largest absolute Gasteiger partial charge is 0.384 e. The Hall–Kier alpha value is -1.46. The second-order valence-electron chi connectivity index (χ2n) is 5.54. The van der Waals surface area contributed by atoms with E-state index in [1.165, 1.54) is 6.07 Å². The van der Waals surface area contributed by atoms with E-state index >= 15 is 0 Å². The Balaban J connectivity index is 2.09. The highest BCUT2D eigenvalue weighted by atomic mass is 19.1. The highest BCUT2D eigenvalue weighted by Gasteiger charge is 2.27. The van der Waals surface area contributed by atoms with Gasteiger partial charge in [0.1, 0.15) is 11.7 Å². The number of nitrogen functional groups attached to an aromatic ring is 1. The average Bonchev–Trinajstić information content (AvgIpc) is 2.30. The van der Waals surface area contributed by atoms with Crippen molar-refractivity contribution in [3.05, 3.63) is 35.1 Å². The monoisotopic (exact) mass is 265 g/mol. The minimum absolute atomic E-state index is 0.113. The Labute approximate surface area is 112 Å². The van der Waals surface area contributed by atoms with Crippen LogP contribution in [0.2, 0.25) is 0 Å². The lowest BCUT2D eigenvalue weighted by atomic mass is 10.1. The average molecular weight is 265 g/mol. The first-order valence-corrected chi connectivity index (χ1v) is 6.36. The third kappa shape index (κ3) is 3.52. The molecule has 5 heteroatoms. The molecule has 0 saturated carbocycles. The van der Waals surface area contributed by atoms with Gasteiger partial charge in [-0.3, -0.25) is 10.3 Å². The Morgan fingerprint density at radius 1 is 1.53 bits per heavy atom. The minimum atomic E-state index is -0.308. The van der Waals surface area contributed by atoms with Gasteiger partial charge >= 0.3 is 0 Å². The van der Waals surface area contributed by atoms with E-state index in [0.717, 1.165) is 13.1 Å². The molecule has 4 nitrogen and oxygen atoms in total. The Kier molecular flexibility index (Phi) is 3.87. The van der Waals surface area contributed by atoms with Gasteiger partial charge in [0.25, 0.3) is 0 Å². The van der Waals surface area contributed by atoms with Gasteiger partial charge in [-0.05, 0) is 19.9 Å². The zero-order chi connectivity index (χ0) is 14.0. The summed E-state index contributed by atoms with van der Waals surface area (Å²) in [6.07, 6.45) is 0. The molecule has 0 aromatic heterocycles. The fraction of sp³-hybridized carbons (Fsp3) is 0.500. The van der Waals surface area contributed by atoms with Crippen LogP contribution in [0.5, 0.6) is 0 Å². The maximum absolute atomic E-state index is 13.9. The number of hydrogen-bond donors (Lipinski definition) is 2. The summed E-state index contributed by atoms with van der Waals surface area (Å²) in [5.74, 6) is -0.421. The summed E-state index contributed by atoms with van der Waals surface area (Å²) < 4.78 is 19.6. The summed E-state index contributed by atoms with van der Waals surface area (Å²) in [6.45, 7) is 6.87. The van der Waals surface area contributed by atoms with Crippen LogP contribution in [0.1, 0.15) is 25.0 Å². The van der Waals surface area contributed by atoms with E-state index in [-0.39, 0.29) is 17.3 Å². The van der Waals surface area contributed by atoms with Crippen molar-refractivity contribution in [3.63, 3.8) is 0 Å². The molecule has 1 aromatic rings.